The van der Waals surface area contributed by atoms with E-state index in [0.717, 1.165) is 16.8 Å². The lowest BCUT2D eigenvalue weighted by Gasteiger charge is -2.11. The highest BCUT2D eigenvalue weighted by Crippen LogP contribution is 2.32. The zero-order valence-corrected chi connectivity index (χ0v) is 13.8. The van der Waals surface area contributed by atoms with E-state index in [1.807, 2.05) is 32.0 Å². The van der Waals surface area contributed by atoms with Gasteiger partial charge in [-0.2, -0.15) is 0 Å². The number of hydrogen-bond donors (Lipinski definition) is 2. The molecule has 2 aromatic heterocycles. The number of nitro groups is 1. The van der Waals surface area contributed by atoms with Crippen LogP contribution in [0.5, 0.6) is 0 Å². The van der Waals surface area contributed by atoms with Gasteiger partial charge in [-0.25, -0.2) is 9.97 Å². The molecule has 1 aromatic carbocycles. The van der Waals surface area contributed by atoms with Gasteiger partial charge in [0, 0.05) is 5.69 Å². The molecule has 0 radical (unpaired) electrons. The highest BCUT2D eigenvalue weighted by atomic mass is 16.6. The number of benzene rings is 1. The van der Waals surface area contributed by atoms with Crippen molar-refractivity contribution in [3.63, 3.8) is 0 Å². The van der Waals surface area contributed by atoms with Crippen molar-refractivity contribution < 1.29 is 9.34 Å². The maximum absolute atomic E-state index is 11.6. The number of hydrogen-bond acceptors (Lipinski definition) is 7. The van der Waals surface area contributed by atoms with Gasteiger partial charge in [-0.1, -0.05) is 17.7 Å². The van der Waals surface area contributed by atoms with Crippen molar-refractivity contribution in [2.24, 2.45) is 0 Å². The van der Waals surface area contributed by atoms with Crippen molar-refractivity contribution in [3.8, 4) is 0 Å². The molecular weight excluding hydrogens is 322 g/mol. The quantitative estimate of drug-likeness (QED) is 0.517. The third-order valence-electron chi connectivity index (χ3n) is 3.65. The number of aryl methyl sites for hydroxylation is 2. The summed E-state index contributed by atoms with van der Waals surface area (Å²) in [6, 6.07) is 9.31. The first kappa shape index (κ1) is 16.4. The van der Waals surface area contributed by atoms with Gasteiger partial charge >= 0.3 is 5.69 Å². The lowest BCUT2D eigenvalue weighted by Crippen LogP contribution is -2.08. The van der Waals surface area contributed by atoms with Gasteiger partial charge in [0.25, 0.3) is 0 Å². The van der Waals surface area contributed by atoms with Crippen LogP contribution in [0.1, 0.15) is 16.9 Å². The number of nitrogens with one attached hydrogen (secondary N) is 2. The average Bonchev–Trinajstić information content (AvgIpc) is 3.09. The maximum atomic E-state index is 11.6. The van der Waals surface area contributed by atoms with Gasteiger partial charge in [-0.05, 0) is 37.6 Å². The van der Waals surface area contributed by atoms with Crippen LogP contribution in [0.4, 0.5) is 23.0 Å². The minimum absolute atomic E-state index is 0.128. The largest absolute Gasteiger partial charge is 0.467 e. The third-order valence-corrected chi connectivity index (χ3v) is 3.65. The number of rotatable bonds is 6. The van der Waals surface area contributed by atoms with Crippen LogP contribution in [-0.2, 0) is 6.54 Å². The van der Waals surface area contributed by atoms with E-state index in [2.05, 4.69) is 20.6 Å². The number of furan rings is 1. The number of anilines is 3. The summed E-state index contributed by atoms with van der Waals surface area (Å²) in [6.07, 6.45) is 2.82. The average molecular weight is 339 g/mol. The van der Waals surface area contributed by atoms with E-state index in [4.69, 9.17) is 4.42 Å². The van der Waals surface area contributed by atoms with Gasteiger partial charge in [0.1, 0.15) is 12.1 Å². The topological polar surface area (TPSA) is 106 Å². The van der Waals surface area contributed by atoms with E-state index in [9.17, 15) is 10.1 Å². The smallest absolute Gasteiger partial charge is 0.353 e. The first-order valence-corrected chi connectivity index (χ1v) is 7.64. The monoisotopic (exact) mass is 339 g/mol. The molecule has 0 saturated heterocycles. The summed E-state index contributed by atoms with van der Waals surface area (Å²) in [5.74, 6) is 0.911. The summed E-state index contributed by atoms with van der Waals surface area (Å²) < 4.78 is 5.22. The minimum atomic E-state index is -0.504. The van der Waals surface area contributed by atoms with Crippen LogP contribution in [0.2, 0.25) is 0 Å². The Kier molecular flexibility index (Phi) is 4.60. The minimum Gasteiger partial charge on any atom is -0.467 e. The summed E-state index contributed by atoms with van der Waals surface area (Å²) in [5, 5.41) is 17.5. The molecule has 0 fully saturated rings. The Hall–Kier alpha value is -3.42. The molecule has 0 unspecified atom stereocenters. The Morgan fingerprint density at radius 1 is 1.20 bits per heavy atom. The highest BCUT2D eigenvalue weighted by molar-refractivity contribution is 5.74. The van der Waals surface area contributed by atoms with Gasteiger partial charge in [-0.15, -0.1) is 0 Å². The molecule has 0 atom stereocenters. The summed E-state index contributed by atoms with van der Waals surface area (Å²) >= 11 is 0. The summed E-state index contributed by atoms with van der Waals surface area (Å²) in [4.78, 5) is 19.1. The standard InChI is InChI=1S/C17H17N5O3/c1-11-5-6-14(12(2)8-11)21-17-15(22(23)24)16(19-10-20-17)18-9-13-4-3-7-25-13/h3-8,10H,9H2,1-2H3,(H2,18,19,20,21). The normalized spacial score (nSPS) is 10.5. The summed E-state index contributed by atoms with van der Waals surface area (Å²) in [7, 11) is 0. The predicted molar refractivity (Wildman–Crippen MR) is 93.9 cm³/mol. The van der Waals surface area contributed by atoms with E-state index in [-0.39, 0.29) is 23.9 Å². The zero-order valence-electron chi connectivity index (χ0n) is 13.8. The molecule has 8 heteroatoms. The molecule has 0 aliphatic carbocycles. The van der Waals surface area contributed by atoms with Crippen LogP contribution < -0.4 is 10.6 Å². The molecule has 2 heterocycles. The van der Waals surface area contributed by atoms with Crippen LogP contribution >= 0.6 is 0 Å². The molecular formula is C17H17N5O3. The fraction of sp³-hybridized carbons (Fsp3) is 0.176. The molecule has 8 nitrogen and oxygen atoms in total. The fourth-order valence-corrected chi connectivity index (χ4v) is 2.44. The van der Waals surface area contributed by atoms with Gasteiger partial charge in [0.05, 0.1) is 17.7 Å². The fourth-order valence-electron chi connectivity index (χ4n) is 2.44. The van der Waals surface area contributed by atoms with Crippen LogP contribution in [0, 0.1) is 24.0 Å². The van der Waals surface area contributed by atoms with E-state index < -0.39 is 4.92 Å². The second kappa shape index (κ2) is 7.00. The van der Waals surface area contributed by atoms with Gasteiger partial charge < -0.3 is 15.1 Å². The van der Waals surface area contributed by atoms with Gasteiger partial charge in [-0.3, -0.25) is 10.1 Å². The Labute approximate surface area is 144 Å². The van der Waals surface area contributed by atoms with Crippen molar-refractivity contribution >= 4 is 23.0 Å². The SMILES string of the molecule is Cc1ccc(Nc2ncnc(NCc3ccco3)c2[N+](=O)[O-])c(C)c1. The van der Waals surface area contributed by atoms with Crippen LogP contribution in [0.15, 0.2) is 47.3 Å². The van der Waals surface area contributed by atoms with Crippen LogP contribution in [-0.4, -0.2) is 14.9 Å². The predicted octanol–water partition coefficient (Wildman–Crippen LogP) is 3.95. The van der Waals surface area contributed by atoms with Crippen molar-refractivity contribution in [1.82, 2.24) is 9.97 Å². The van der Waals surface area contributed by atoms with E-state index in [1.54, 1.807) is 18.4 Å². The molecule has 128 valence electrons. The Morgan fingerprint density at radius 2 is 2.00 bits per heavy atom. The van der Waals surface area contributed by atoms with Crippen molar-refractivity contribution in [2.75, 3.05) is 10.6 Å². The van der Waals surface area contributed by atoms with Crippen LogP contribution in [0.3, 0.4) is 0 Å². The Morgan fingerprint density at radius 3 is 2.68 bits per heavy atom. The highest BCUT2D eigenvalue weighted by Gasteiger charge is 2.23. The lowest BCUT2D eigenvalue weighted by atomic mass is 10.1. The number of aromatic nitrogens is 2. The number of nitrogens with zero attached hydrogens (tertiary/aromatic N) is 3. The van der Waals surface area contributed by atoms with E-state index in [0.29, 0.717) is 5.76 Å². The first-order valence-electron chi connectivity index (χ1n) is 7.64. The maximum Gasteiger partial charge on any atom is 0.353 e. The molecule has 0 bridgehead atoms. The van der Waals surface area contributed by atoms with Gasteiger partial charge in [0.2, 0.25) is 11.6 Å². The Bertz CT molecular complexity index is 893. The first-order chi connectivity index (χ1) is 12.0. The Balaban J connectivity index is 1.90. The zero-order chi connectivity index (χ0) is 17.8. The second-order valence-electron chi connectivity index (χ2n) is 5.55. The molecule has 0 aliphatic rings. The van der Waals surface area contributed by atoms with E-state index in [1.165, 1.54) is 6.33 Å². The molecule has 0 saturated carbocycles. The molecule has 3 rings (SSSR count). The summed E-state index contributed by atoms with van der Waals surface area (Å²) in [6.45, 7) is 4.20. The third kappa shape index (κ3) is 3.74. The van der Waals surface area contributed by atoms with Crippen molar-refractivity contribution in [2.45, 2.75) is 20.4 Å². The van der Waals surface area contributed by atoms with Crippen molar-refractivity contribution in [3.05, 3.63) is 69.9 Å². The van der Waals surface area contributed by atoms with Gasteiger partial charge in [0.15, 0.2) is 0 Å². The molecule has 0 spiro atoms. The van der Waals surface area contributed by atoms with Crippen molar-refractivity contribution in [1.29, 1.82) is 0 Å². The molecule has 3 aromatic rings. The van der Waals surface area contributed by atoms with Crippen LogP contribution in [0.25, 0.3) is 0 Å². The van der Waals surface area contributed by atoms with E-state index >= 15 is 0 Å². The summed E-state index contributed by atoms with van der Waals surface area (Å²) in [5.41, 5.74) is 2.62. The molecule has 2 N–H and O–H groups in total. The molecule has 0 aliphatic heterocycles. The molecule has 25 heavy (non-hydrogen) atoms. The molecule has 0 amide bonds. The lowest BCUT2D eigenvalue weighted by molar-refractivity contribution is -0.383. The second-order valence-corrected chi connectivity index (χ2v) is 5.55.